The van der Waals surface area contributed by atoms with Crippen molar-refractivity contribution in [2.45, 2.75) is 142 Å². The molecule has 1 N–H and O–H groups in total. The molecule has 0 bridgehead atoms. The number of pyridine rings is 1. The molecule has 1 aromatic heterocycles. The van der Waals surface area contributed by atoms with Crippen LogP contribution in [0.15, 0.2) is 6.20 Å². The van der Waals surface area contributed by atoms with Crippen LogP contribution in [0.25, 0.3) is 0 Å². The quantitative estimate of drug-likeness (QED) is 0.425. The summed E-state index contributed by atoms with van der Waals surface area (Å²) in [6.45, 7) is 3.80. The van der Waals surface area contributed by atoms with Gasteiger partial charge in [0, 0.05) is 12.8 Å². The van der Waals surface area contributed by atoms with Gasteiger partial charge in [-0.1, -0.05) is 96.8 Å². The van der Waals surface area contributed by atoms with E-state index in [9.17, 15) is 9.59 Å². The molecule has 2 aliphatic rings. The number of nitrogens with zero attached hydrogens (tertiary/aromatic N) is 1. The third kappa shape index (κ3) is 7.92. The van der Waals surface area contributed by atoms with Crippen molar-refractivity contribution in [2.24, 2.45) is 5.92 Å². The van der Waals surface area contributed by atoms with Crippen LogP contribution in [0.1, 0.15) is 157 Å². The number of anilines is 1. The highest BCUT2D eigenvalue weighted by Gasteiger charge is 2.26. The zero-order valence-electron chi connectivity index (χ0n) is 21.9. The Morgan fingerprint density at radius 3 is 1.82 bits per heavy atom. The van der Waals surface area contributed by atoms with E-state index in [1.165, 1.54) is 76.2 Å². The van der Waals surface area contributed by atoms with Crippen molar-refractivity contribution < 1.29 is 9.59 Å². The lowest BCUT2D eigenvalue weighted by Gasteiger charge is -2.26. The van der Waals surface area contributed by atoms with E-state index in [2.05, 4.69) is 17.2 Å². The number of ketones is 1. The first kappa shape index (κ1) is 26.9. The number of hydrogen-bond donors (Lipinski definition) is 1. The fourth-order valence-corrected chi connectivity index (χ4v) is 6.17. The van der Waals surface area contributed by atoms with Gasteiger partial charge in [0.25, 0.3) is 0 Å². The van der Waals surface area contributed by atoms with Crippen LogP contribution in [-0.4, -0.2) is 16.7 Å². The predicted molar refractivity (Wildman–Crippen MR) is 142 cm³/mol. The fourth-order valence-electron chi connectivity index (χ4n) is 6.17. The largest absolute Gasteiger partial charge is 0.324 e. The van der Waals surface area contributed by atoms with Crippen molar-refractivity contribution >= 4 is 17.4 Å². The van der Waals surface area contributed by atoms with Crippen LogP contribution in [0.3, 0.4) is 0 Å². The molecule has 0 unspecified atom stereocenters. The lowest BCUT2D eigenvalue weighted by molar-refractivity contribution is -0.120. The van der Waals surface area contributed by atoms with E-state index >= 15 is 0 Å². The van der Waals surface area contributed by atoms with E-state index in [4.69, 9.17) is 0 Å². The third-order valence-electron chi connectivity index (χ3n) is 8.05. The molecule has 1 amide bonds. The second kappa shape index (κ2) is 14.6. The van der Waals surface area contributed by atoms with Gasteiger partial charge < -0.3 is 5.32 Å². The summed E-state index contributed by atoms with van der Waals surface area (Å²) in [7, 11) is 0. The van der Waals surface area contributed by atoms with Crippen LogP contribution >= 0.6 is 0 Å². The first-order chi connectivity index (χ1) is 16.6. The first-order valence-electron chi connectivity index (χ1n) is 14.4. The zero-order chi connectivity index (χ0) is 24.2. The minimum atomic E-state index is 0.0398. The zero-order valence-corrected chi connectivity index (χ0v) is 21.9. The Morgan fingerprint density at radius 1 is 0.824 bits per heavy atom. The molecule has 4 nitrogen and oxygen atoms in total. The summed E-state index contributed by atoms with van der Waals surface area (Å²) < 4.78 is 0. The summed E-state index contributed by atoms with van der Waals surface area (Å²) in [4.78, 5) is 30.6. The number of carbonyl (C=O) groups excluding carboxylic acids is 2. The van der Waals surface area contributed by atoms with Gasteiger partial charge in [0.15, 0.2) is 5.78 Å². The van der Waals surface area contributed by atoms with Gasteiger partial charge in [0.2, 0.25) is 5.91 Å². The van der Waals surface area contributed by atoms with E-state index in [0.717, 1.165) is 62.6 Å². The van der Waals surface area contributed by atoms with Crippen molar-refractivity contribution in [1.82, 2.24) is 4.98 Å². The fraction of sp³-hybridized carbons (Fsp3) is 0.767. The number of aromatic nitrogens is 1. The van der Waals surface area contributed by atoms with Crippen LogP contribution in [0.4, 0.5) is 5.69 Å². The third-order valence-corrected chi connectivity index (χ3v) is 8.05. The van der Waals surface area contributed by atoms with Crippen LogP contribution in [0, 0.1) is 5.92 Å². The Bertz CT molecular complexity index is 768. The van der Waals surface area contributed by atoms with Gasteiger partial charge in [0.05, 0.1) is 11.9 Å². The average molecular weight is 469 g/mol. The van der Waals surface area contributed by atoms with Crippen LogP contribution < -0.4 is 5.32 Å². The topological polar surface area (TPSA) is 59.1 Å². The average Bonchev–Trinajstić information content (AvgIpc) is 2.96. The molecule has 2 fully saturated rings. The lowest BCUT2D eigenvalue weighted by Crippen LogP contribution is -2.25. The van der Waals surface area contributed by atoms with E-state index in [1.54, 1.807) is 13.1 Å². The number of rotatable bonds is 6. The highest BCUT2D eigenvalue weighted by atomic mass is 16.2. The van der Waals surface area contributed by atoms with Crippen molar-refractivity contribution in [3.8, 4) is 0 Å². The summed E-state index contributed by atoms with van der Waals surface area (Å²) >= 11 is 0. The molecule has 4 heteroatoms. The van der Waals surface area contributed by atoms with Crippen molar-refractivity contribution in [3.05, 3.63) is 23.0 Å². The molecule has 1 heterocycles. The monoisotopic (exact) mass is 468 g/mol. The molecule has 0 radical (unpaired) electrons. The second-order valence-electron chi connectivity index (χ2n) is 10.9. The molecule has 2 aliphatic carbocycles. The maximum absolute atomic E-state index is 13.5. The predicted octanol–water partition coefficient (Wildman–Crippen LogP) is 8.53. The van der Waals surface area contributed by atoms with Crippen LogP contribution in [-0.2, 0) is 11.2 Å². The Kier molecular flexibility index (Phi) is 11.6. The highest BCUT2D eigenvalue weighted by Crippen LogP contribution is 2.38. The Morgan fingerprint density at radius 2 is 1.32 bits per heavy atom. The van der Waals surface area contributed by atoms with Gasteiger partial charge in [-0.25, -0.2) is 0 Å². The summed E-state index contributed by atoms with van der Waals surface area (Å²) in [6.07, 6.45) is 24.3. The van der Waals surface area contributed by atoms with Gasteiger partial charge in [-0.3, -0.25) is 14.6 Å². The number of nitrogens with one attached hydrogen (secondary N) is 1. The standard InChI is InChI=1S/C30H48N2O2/c1-3-17-26-28(24-18-13-9-7-8-10-14-19-24)27(22-31-29(26)23(2)33)32-30(34)25-20-15-11-5-4-6-12-16-21-25/h22,24-25H,3-21H2,1-2H3,(H,32,34). The minimum Gasteiger partial charge on any atom is -0.324 e. The maximum Gasteiger partial charge on any atom is 0.227 e. The van der Waals surface area contributed by atoms with E-state index in [0.29, 0.717) is 11.6 Å². The summed E-state index contributed by atoms with van der Waals surface area (Å²) in [6, 6.07) is 0. The molecule has 0 aliphatic heterocycles. The van der Waals surface area contributed by atoms with E-state index in [1.807, 2.05) is 0 Å². The molecule has 0 spiro atoms. The number of amides is 1. The van der Waals surface area contributed by atoms with Crippen LogP contribution in [0.5, 0.6) is 0 Å². The smallest absolute Gasteiger partial charge is 0.227 e. The molecule has 1 aromatic rings. The Labute approximate surface area is 208 Å². The van der Waals surface area contributed by atoms with Gasteiger partial charge in [0.1, 0.15) is 5.69 Å². The molecule has 0 atom stereocenters. The Balaban J connectivity index is 1.91. The molecular formula is C30H48N2O2. The number of hydrogen-bond acceptors (Lipinski definition) is 3. The Hall–Kier alpha value is -1.71. The summed E-state index contributed by atoms with van der Waals surface area (Å²) in [5.41, 5.74) is 3.84. The SMILES string of the molecule is CCCc1c(C(C)=O)ncc(NC(=O)C2CCCCCCCCC2)c1C1CCCCCCCC1. The van der Waals surface area contributed by atoms with Gasteiger partial charge in [-0.15, -0.1) is 0 Å². The molecular weight excluding hydrogens is 420 g/mol. The van der Waals surface area contributed by atoms with E-state index in [-0.39, 0.29) is 17.6 Å². The molecule has 3 rings (SSSR count). The van der Waals surface area contributed by atoms with Crippen LogP contribution in [0.2, 0.25) is 0 Å². The second-order valence-corrected chi connectivity index (χ2v) is 10.9. The number of Topliss-reactive ketones (excluding diaryl/α,β-unsaturated/α-hetero) is 1. The van der Waals surface area contributed by atoms with E-state index < -0.39 is 0 Å². The lowest BCUT2D eigenvalue weighted by atomic mass is 9.83. The molecule has 34 heavy (non-hydrogen) atoms. The molecule has 0 aromatic carbocycles. The van der Waals surface area contributed by atoms with Gasteiger partial charge in [-0.05, 0) is 49.1 Å². The highest BCUT2D eigenvalue weighted by molar-refractivity contribution is 5.97. The normalized spacial score (nSPS) is 20.1. The van der Waals surface area contributed by atoms with Gasteiger partial charge >= 0.3 is 0 Å². The maximum atomic E-state index is 13.5. The molecule has 190 valence electrons. The number of carbonyl (C=O) groups is 2. The molecule has 2 saturated carbocycles. The molecule has 0 saturated heterocycles. The summed E-state index contributed by atoms with van der Waals surface area (Å²) in [5, 5.41) is 3.37. The summed E-state index contributed by atoms with van der Waals surface area (Å²) in [5.74, 6) is 0.705. The van der Waals surface area contributed by atoms with Crippen molar-refractivity contribution in [3.63, 3.8) is 0 Å². The minimum absolute atomic E-state index is 0.0398. The van der Waals surface area contributed by atoms with Crippen molar-refractivity contribution in [1.29, 1.82) is 0 Å². The van der Waals surface area contributed by atoms with Gasteiger partial charge in [-0.2, -0.15) is 0 Å². The first-order valence-corrected chi connectivity index (χ1v) is 14.4. The van der Waals surface area contributed by atoms with Crippen molar-refractivity contribution in [2.75, 3.05) is 5.32 Å².